The van der Waals surface area contributed by atoms with Crippen LogP contribution in [0, 0.1) is 5.41 Å². The smallest absolute Gasteiger partial charge is 0.193 e. The lowest BCUT2D eigenvalue weighted by Gasteiger charge is -2.40. The number of rotatable bonds is 4. The molecule has 28 heavy (non-hydrogen) atoms. The van der Waals surface area contributed by atoms with Crippen molar-refractivity contribution >= 4 is 29.9 Å². The molecule has 3 aliphatic rings. The van der Waals surface area contributed by atoms with Crippen LogP contribution in [0.1, 0.15) is 44.1 Å². The molecule has 1 spiro atoms. The van der Waals surface area contributed by atoms with E-state index in [9.17, 15) is 0 Å². The van der Waals surface area contributed by atoms with E-state index in [4.69, 9.17) is 9.47 Å². The fourth-order valence-corrected chi connectivity index (χ4v) is 5.06. The van der Waals surface area contributed by atoms with Crippen LogP contribution < -0.4 is 10.1 Å². The van der Waals surface area contributed by atoms with Gasteiger partial charge in [-0.1, -0.05) is 18.6 Å². The van der Waals surface area contributed by atoms with Crippen molar-refractivity contribution < 1.29 is 9.47 Å². The summed E-state index contributed by atoms with van der Waals surface area (Å²) in [6.45, 7) is 4.85. The molecule has 1 aromatic rings. The minimum absolute atomic E-state index is 0. The van der Waals surface area contributed by atoms with Crippen LogP contribution in [0.15, 0.2) is 29.3 Å². The molecule has 0 aromatic heterocycles. The highest BCUT2D eigenvalue weighted by molar-refractivity contribution is 14.0. The van der Waals surface area contributed by atoms with Gasteiger partial charge in [0.05, 0.1) is 7.11 Å². The number of nitrogens with one attached hydrogen (secondary N) is 1. The molecule has 0 amide bonds. The van der Waals surface area contributed by atoms with Crippen LogP contribution >= 0.6 is 24.0 Å². The van der Waals surface area contributed by atoms with Gasteiger partial charge in [-0.2, -0.15) is 0 Å². The summed E-state index contributed by atoms with van der Waals surface area (Å²) in [4.78, 5) is 7.08. The van der Waals surface area contributed by atoms with E-state index in [1.807, 2.05) is 7.05 Å². The van der Waals surface area contributed by atoms with Gasteiger partial charge < -0.3 is 19.7 Å². The first-order valence-corrected chi connectivity index (χ1v) is 10.4. The summed E-state index contributed by atoms with van der Waals surface area (Å²) in [6.07, 6.45) is 7.59. The molecule has 4 rings (SSSR count). The molecule has 6 heteroatoms. The van der Waals surface area contributed by atoms with Crippen molar-refractivity contribution in [1.29, 1.82) is 0 Å². The Morgan fingerprint density at radius 2 is 1.86 bits per heavy atom. The average Bonchev–Trinajstić information content (AvgIpc) is 3.15. The molecule has 1 aliphatic carbocycles. The summed E-state index contributed by atoms with van der Waals surface area (Å²) >= 11 is 0. The number of hydrogen-bond acceptors (Lipinski definition) is 3. The van der Waals surface area contributed by atoms with Crippen molar-refractivity contribution in [2.45, 2.75) is 43.9 Å². The Labute approximate surface area is 186 Å². The standard InChI is InChI=1S/C22H33N3O2.HI/c1-23-20(25-13-10-21(17-25)8-3-9-21)24-16-22(11-14-27-15-12-22)18-4-6-19(26-2)7-5-18;/h4-7H,3,8-17H2,1-2H3,(H,23,24);1H. The molecule has 156 valence electrons. The maximum atomic E-state index is 5.68. The molecular weight excluding hydrogens is 465 g/mol. The maximum absolute atomic E-state index is 5.68. The summed E-state index contributed by atoms with van der Waals surface area (Å²) in [6, 6.07) is 8.58. The van der Waals surface area contributed by atoms with Gasteiger partial charge >= 0.3 is 0 Å². The number of hydrogen-bond donors (Lipinski definition) is 1. The van der Waals surface area contributed by atoms with E-state index in [1.54, 1.807) is 7.11 Å². The van der Waals surface area contributed by atoms with Crippen LogP contribution in [0.3, 0.4) is 0 Å². The minimum Gasteiger partial charge on any atom is -0.497 e. The molecule has 3 fully saturated rings. The van der Waals surface area contributed by atoms with Gasteiger partial charge in [0.1, 0.15) is 5.75 Å². The highest BCUT2D eigenvalue weighted by atomic mass is 127. The first-order chi connectivity index (χ1) is 13.2. The van der Waals surface area contributed by atoms with E-state index in [0.717, 1.165) is 50.9 Å². The van der Waals surface area contributed by atoms with E-state index >= 15 is 0 Å². The number of benzene rings is 1. The Kier molecular flexibility index (Phi) is 7.12. The van der Waals surface area contributed by atoms with E-state index in [1.165, 1.54) is 37.8 Å². The number of guanidine groups is 1. The summed E-state index contributed by atoms with van der Waals surface area (Å²) < 4.78 is 11.0. The predicted molar refractivity (Wildman–Crippen MR) is 124 cm³/mol. The first kappa shape index (κ1) is 21.7. The number of methoxy groups -OCH3 is 1. The maximum Gasteiger partial charge on any atom is 0.193 e. The van der Waals surface area contributed by atoms with Gasteiger partial charge in [0.2, 0.25) is 0 Å². The first-order valence-electron chi connectivity index (χ1n) is 10.4. The van der Waals surface area contributed by atoms with E-state index in [2.05, 4.69) is 39.5 Å². The van der Waals surface area contributed by atoms with Crippen molar-refractivity contribution in [2.24, 2.45) is 10.4 Å². The molecule has 0 radical (unpaired) electrons. The van der Waals surface area contributed by atoms with Gasteiger partial charge in [0.15, 0.2) is 5.96 Å². The van der Waals surface area contributed by atoms with Gasteiger partial charge in [-0.3, -0.25) is 4.99 Å². The molecule has 2 aliphatic heterocycles. The highest BCUT2D eigenvalue weighted by Gasteiger charge is 2.44. The third-order valence-electron chi connectivity index (χ3n) is 7.10. The van der Waals surface area contributed by atoms with E-state index in [-0.39, 0.29) is 29.4 Å². The largest absolute Gasteiger partial charge is 0.497 e. The summed E-state index contributed by atoms with van der Waals surface area (Å²) in [5, 5.41) is 3.72. The molecule has 1 saturated carbocycles. The van der Waals surface area contributed by atoms with E-state index in [0.29, 0.717) is 5.41 Å². The summed E-state index contributed by atoms with van der Waals surface area (Å²) in [5.41, 5.74) is 2.05. The second-order valence-corrected chi connectivity index (χ2v) is 8.55. The predicted octanol–water partition coefficient (Wildman–Crippen LogP) is 3.81. The molecule has 2 heterocycles. The number of aliphatic imine (C=N–C) groups is 1. The molecule has 0 unspecified atom stereocenters. The Morgan fingerprint density at radius 1 is 1.14 bits per heavy atom. The lowest BCUT2D eigenvalue weighted by atomic mass is 9.68. The van der Waals surface area contributed by atoms with Crippen LogP contribution in [0.2, 0.25) is 0 Å². The van der Waals surface area contributed by atoms with Crippen LogP contribution in [-0.4, -0.2) is 57.9 Å². The molecule has 1 aromatic carbocycles. The average molecular weight is 499 g/mol. The zero-order chi connectivity index (χ0) is 18.7. The van der Waals surface area contributed by atoms with Crippen LogP contribution in [-0.2, 0) is 10.2 Å². The van der Waals surface area contributed by atoms with Crippen LogP contribution in [0.5, 0.6) is 5.75 Å². The molecular formula is C22H34IN3O2. The summed E-state index contributed by atoms with van der Waals surface area (Å²) in [7, 11) is 3.63. The molecule has 5 nitrogen and oxygen atoms in total. The third-order valence-corrected chi connectivity index (χ3v) is 7.10. The van der Waals surface area contributed by atoms with Crippen molar-refractivity contribution in [1.82, 2.24) is 10.2 Å². The number of likely N-dealkylation sites (tertiary alicyclic amines) is 1. The van der Waals surface area contributed by atoms with Crippen molar-refractivity contribution in [3.8, 4) is 5.75 Å². The third kappa shape index (κ3) is 4.27. The van der Waals surface area contributed by atoms with Gasteiger partial charge in [-0.05, 0) is 55.2 Å². The Bertz CT molecular complexity index is 667. The molecule has 1 N–H and O–H groups in total. The van der Waals surface area contributed by atoms with Crippen molar-refractivity contribution in [3.05, 3.63) is 29.8 Å². The Balaban J connectivity index is 0.00000225. The number of halogens is 1. The quantitative estimate of drug-likeness (QED) is 0.389. The highest BCUT2D eigenvalue weighted by Crippen LogP contribution is 2.48. The second-order valence-electron chi connectivity index (χ2n) is 8.55. The SMILES string of the molecule is CN=C(NCC1(c2ccc(OC)cc2)CCOCC1)N1CCC2(CCC2)C1.I. The number of ether oxygens (including phenoxy) is 2. The monoisotopic (exact) mass is 499 g/mol. The van der Waals surface area contributed by atoms with Crippen LogP contribution in [0.25, 0.3) is 0 Å². The lowest BCUT2D eigenvalue weighted by molar-refractivity contribution is 0.0511. The fraction of sp³-hybridized carbons (Fsp3) is 0.682. The molecule has 0 bridgehead atoms. The Morgan fingerprint density at radius 3 is 2.39 bits per heavy atom. The summed E-state index contributed by atoms with van der Waals surface area (Å²) in [5.74, 6) is 1.98. The van der Waals surface area contributed by atoms with Gasteiger partial charge in [-0.25, -0.2) is 0 Å². The Hall–Kier alpha value is -1.02. The second kappa shape index (κ2) is 9.20. The normalized spacial score (nSPS) is 23.1. The lowest BCUT2D eigenvalue weighted by Crippen LogP contribution is -2.49. The van der Waals surface area contributed by atoms with Crippen molar-refractivity contribution in [3.63, 3.8) is 0 Å². The zero-order valence-electron chi connectivity index (χ0n) is 17.2. The minimum atomic E-state index is 0. The van der Waals surface area contributed by atoms with E-state index < -0.39 is 0 Å². The number of nitrogens with zero attached hydrogens (tertiary/aromatic N) is 2. The van der Waals surface area contributed by atoms with Crippen LogP contribution in [0.4, 0.5) is 0 Å². The van der Waals surface area contributed by atoms with Crippen molar-refractivity contribution in [2.75, 3.05) is 47.0 Å². The molecule has 0 atom stereocenters. The van der Waals surface area contributed by atoms with Gasteiger partial charge in [0, 0.05) is 45.3 Å². The fourth-order valence-electron chi connectivity index (χ4n) is 5.06. The molecule has 2 saturated heterocycles. The topological polar surface area (TPSA) is 46.1 Å². The van der Waals surface area contributed by atoms with Gasteiger partial charge in [-0.15, -0.1) is 24.0 Å². The van der Waals surface area contributed by atoms with Gasteiger partial charge in [0.25, 0.3) is 0 Å². The zero-order valence-corrected chi connectivity index (χ0v) is 19.5.